The molecule has 10 nitrogen and oxygen atoms in total. The highest BCUT2D eigenvalue weighted by molar-refractivity contribution is 7.15. The molecule has 2 aromatic heterocycles. The van der Waals surface area contributed by atoms with E-state index in [9.17, 15) is 9.59 Å². The molecule has 0 bridgehead atoms. The number of benzene rings is 1. The Balaban J connectivity index is 1.51. The first-order valence-corrected chi connectivity index (χ1v) is 8.84. The van der Waals surface area contributed by atoms with Crippen LogP contribution in [-0.2, 0) is 11.2 Å². The van der Waals surface area contributed by atoms with Gasteiger partial charge < -0.3 is 0 Å². The minimum absolute atomic E-state index is 0.0414. The van der Waals surface area contributed by atoms with Gasteiger partial charge in [0.15, 0.2) is 0 Å². The lowest BCUT2D eigenvalue weighted by Gasteiger charge is -1.99. The van der Waals surface area contributed by atoms with E-state index in [1.54, 1.807) is 18.2 Å². The van der Waals surface area contributed by atoms with Crippen molar-refractivity contribution in [3.63, 3.8) is 0 Å². The zero-order valence-electron chi connectivity index (χ0n) is 13.3. The van der Waals surface area contributed by atoms with E-state index in [-0.39, 0.29) is 17.4 Å². The van der Waals surface area contributed by atoms with Crippen molar-refractivity contribution in [2.24, 2.45) is 5.10 Å². The van der Waals surface area contributed by atoms with Gasteiger partial charge in [0.25, 0.3) is 5.91 Å². The second-order valence-corrected chi connectivity index (χ2v) is 6.83. The number of amides is 2. The van der Waals surface area contributed by atoms with Crippen LogP contribution >= 0.6 is 34.5 Å². The zero-order chi connectivity index (χ0) is 19.2. The van der Waals surface area contributed by atoms with Crippen molar-refractivity contribution in [2.45, 2.75) is 6.42 Å². The molecule has 0 atom stereocenters. The minimum atomic E-state index is -0.510. The molecule has 0 saturated carbocycles. The Morgan fingerprint density at radius 3 is 2.89 bits per heavy atom. The van der Waals surface area contributed by atoms with Crippen molar-refractivity contribution in [1.29, 1.82) is 0 Å². The summed E-state index contributed by atoms with van der Waals surface area (Å²) in [6, 6.07) is 4.91. The molecule has 13 heteroatoms. The predicted octanol–water partition coefficient (Wildman–Crippen LogP) is 1.91. The van der Waals surface area contributed by atoms with Crippen molar-refractivity contribution in [1.82, 2.24) is 30.8 Å². The number of anilines is 1. The number of hydrogen-bond acceptors (Lipinski definition) is 8. The highest BCUT2D eigenvalue weighted by Gasteiger charge is 2.14. The summed E-state index contributed by atoms with van der Waals surface area (Å²) in [5, 5.41) is 21.5. The second kappa shape index (κ2) is 8.66. The Morgan fingerprint density at radius 1 is 1.30 bits per heavy atom. The molecule has 0 saturated heterocycles. The number of aromatic nitrogens is 5. The van der Waals surface area contributed by atoms with Crippen LogP contribution in [-0.4, -0.2) is 43.4 Å². The Hall–Kier alpha value is -2.89. The summed E-state index contributed by atoms with van der Waals surface area (Å²) in [7, 11) is 0. The number of hydrazone groups is 1. The van der Waals surface area contributed by atoms with Gasteiger partial charge in [-0.1, -0.05) is 40.6 Å². The largest absolute Gasteiger partial charge is 0.294 e. The molecular weight excluding hydrogens is 415 g/mol. The van der Waals surface area contributed by atoms with Crippen molar-refractivity contribution in [2.75, 3.05) is 5.32 Å². The van der Waals surface area contributed by atoms with Crippen LogP contribution in [0.15, 0.2) is 29.6 Å². The number of rotatable bonds is 6. The fourth-order valence-electron chi connectivity index (χ4n) is 1.80. The molecule has 0 radical (unpaired) electrons. The number of carbonyl (C=O) groups is 2. The van der Waals surface area contributed by atoms with Crippen LogP contribution in [0.3, 0.4) is 0 Å². The first-order chi connectivity index (χ1) is 13.0. The smallest absolute Gasteiger partial charge is 0.294 e. The third-order valence-electron chi connectivity index (χ3n) is 2.98. The topological polar surface area (TPSA) is 138 Å². The number of halogens is 2. The monoisotopic (exact) mass is 424 g/mol. The molecule has 0 aliphatic rings. The summed E-state index contributed by atoms with van der Waals surface area (Å²) in [5.74, 6) is -0.871. The van der Waals surface area contributed by atoms with Crippen LogP contribution in [0.25, 0.3) is 0 Å². The summed E-state index contributed by atoms with van der Waals surface area (Å²) in [5.41, 5.74) is 2.97. The highest BCUT2D eigenvalue weighted by Crippen LogP contribution is 2.19. The highest BCUT2D eigenvalue weighted by atomic mass is 35.5. The summed E-state index contributed by atoms with van der Waals surface area (Å²) < 4.78 is 0. The average molecular weight is 425 g/mol. The molecular formula is C14H10Cl2N8O2S. The third-order valence-corrected chi connectivity index (χ3v) is 4.39. The number of nitrogens with one attached hydrogen (secondary N) is 3. The van der Waals surface area contributed by atoms with Crippen LogP contribution in [0.5, 0.6) is 0 Å². The van der Waals surface area contributed by atoms with E-state index in [1.807, 2.05) is 0 Å². The van der Waals surface area contributed by atoms with E-state index in [0.29, 0.717) is 20.6 Å². The molecule has 0 aliphatic carbocycles. The van der Waals surface area contributed by atoms with Crippen LogP contribution < -0.4 is 10.7 Å². The fraction of sp³-hybridized carbons (Fsp3) is 0.0714. The average Bonchev–Trinajstić information content (AvgIpc) is 3.29. The number of H-pyrrole nitrogens is 1. The summed E-state index contributed by atoms with van der Waals surface area (Å²) in [6.07, 6.45) is 2.56. The SMILES string of the molecule is O=C(Cc1nnc(NC(=O)c2ncn[nH]2)s1)N/N=C\c1ccc(Cl)cc1Cl. The van der Waals surface area contributed by atoms with Gasteiger partial charge in [0.05, 0.1) is 17.7 Å². The maximum atomic E-state index is 11.9. The molecule has 0 unspecified atom stereocenters. The first-order valence-electron chi connectivity index (χ1n) is 7.27. The lowest BCUT2D eigenvalue weighted by molar-refractivity contribution is -0.120. The van der Waals surface area contributed by atoms with Gasteiger partial charge in [-0.05, 0) is 12.1 Å². The van der Waals surface area contributed by atoms with Gasteiger partial charge in [0.1, 0.15) is 11.3 Å². The number of hydrogen-bond donors (Lipinski definition) is 3. The normalized spacial score (nSPS) is 10.9. The predicted molar refractivity (Wildman–Crippen MR) is 100 cm³/mol. The molecule has 3 rings (SSSR count). The van der Waals surface area contributed by atoms with E-state index < -0.39 is 11.8 Å². The molecule has 0 aliphatic heterocycles. The number of aromatic amines is 1. The molecule has 0 spiro atoms. The van der Waals surface area contributed by atoms with Gasteiger partial charge in [0.2, 0.25) is 16.9 Å². The molecule has 27 heavy (non-hydrogen) atoms. The van der Waals surface area contributed by atoms with Gasteiger partial charge in [-0.15, -0.1) is 10.2 Å². The molecule has 2 heterocycles. The lowest BCUT2D eigenvalue weighted by Crippen LogP contribution is -2.19. The summed E-state index contributed by atoms with van der Waals surface area (Å²) in [6.45, 7) is 0. The van der Waals surface area contributed by atoms with Crippen LogP contribution in [0, 0.1) is 0 Å². The molecule has 0 fully saturated rings. The lowest BCUT2D eigenvalue weighted by atomic mass is 10.2. The van der Waals surface area contributed by atoms with Crippen molar-refractivity contribution < 1.29 is 9.59 Å². The minimum Gasteiger partial charge on any atom is -0.294 e. The third kappa shape index (κ3) is 5.29. The molecule has 3 N–H and O–H groups in total. The fourth-order valence-corrected chi connectivity index (χ4v) is 2.99. The first kappa shape index (κ1) is 18.9. The summed E-state index contributed by atoms with van der Waals surface area (Å²) in [4.78, 5) is 27.4. The number of carbonyl (C=O) groups excluding carboxylic acids is 2. The Kier molecular flexibility index (Phi) is 6.06. The second-order valence-electron chi connectivity index (χ2n) is 4.92. The van der Waals surface area contributed by atoms with Crippen LogP contribution in [0.4, 0.5) is 5.13 Å². The Morgan fingerprint density at radius 2 is 2.15 bits per heavy atom. The molecule has 1 aromatic carbocycles. The molecule has 3 aromatic rings. The standard InChI is InChI=1S/C14H10Cl2N8O2S/c15-8-2-1-7(9(16)3-8)5-18-21-10(25)4-11-22-24-14(27-11)20-13(26)12-17-6-19-23-12/h1-3,5-6H,4H2,(H,21,25)(H,17,19,23)(H,20,24,26)/b18-5-. The van der Waals surface area contributed by atoms with E-state index in [2.05, 4.69) is 41.2 Å². The van der Waals surface area contributed by atoms with Gasteiger partial charge in [-0.2, -0.15) is 10.2 Å². The van der Waals surface area contributed by atoms with Crippen LogP contribution in [0.1, 0.15) is 21.2 Å². The maximum absolute atomic E-state index is 11.9. The van der Waals surface area contributed by atoms with Gasteiger partial charge in [0, 0.05) is 10.6 Å². The Labute approximate surface area is 166 Å². The zero-order valence-corrected chi connectivity index (χ0v) is 15.6. The van der Waals surface area contributed by atoms with E-state index in [1.165, 1.54) is 12.5 Å². The maximum Gasteiger partial charge on any atom is 0.294 e. The van der Waals surface area contributed by atoms with E-state index >= 15 is 0 Å². The van der Waals surface area contributed by atoms with Crippen molar-refractivity contribution >= 4 is 57.7 Å². The Bertz CT molecular complexity index is 989. The van der Waals surface area contributed by atoms with E-state index in [4.69, 9.17) is 23.2 Å². The summed E-state index contributed by atoms with van der Waals surface area (Å²) >= 11 is 12.9. The van der Waals surface area contributed by atoms with Crippen LogP contribution in [0.2, 0.25) is 10.0 Å². The molecule has 2 amide bonds. The van der Waals surface area contributed by atoms with Crippen molar-refractivity contribution in [3.05, 3.63) is 51.0 Å². The van der Waals surface area contributed by atoms with E-state index in [0.717, 1.165) is 11.3 Å². The van der Waals surface area contributed by atoms with Gasteiger partial charge in [-0.25, -0.2) is 10.4 Å². The molecule has 138 valence electrons. The van der Waals surface area contributed by atoms with Gasteiger partial charge in [-0.3, -0.25) is 20.0 Å². The van der Waals surface area contributed by atoms with Crippen molar-refractivity contribution in [3.8, 4) is 0 Å². The quantitative estimate of drug-likeness (QED) is 0.408. The van der Waals surface area contributed by atoms with Gasteiger partial charge >= 0.3 is 0 Å². The number of nitrogens with zero attached hydrogens (tertiary/aromatic N) is 5.